The molecule has 0 aliphatic carbocycles. The normalized spacial score (nSPS) is 10.6. The van der Waals surface area contributed by atoms with Crippen LogP contribution in [0.25, 0.3) is 0 Å². The first-order valence-corrected chi connectivity index (χ1v) is 5.92. The number of hydrogen-bond donors (Lipinski definition) is 3. The molecule has 1 rings (SSSR count). The highest BCUT2D eigenvalue weighted by atomic mass is 32.1. The number of thiocarbonyl (C=S) groups is 1. The van der Waals surface area contributed by atoms with E-state index in [1.807, 2.05) is 0 Å². The van der Waals surface area contributed by atoms with Crippen LogP contribution in [0.15, 0.2) is 24.3 Å². The highest BCUT2D eigenvalue weighted by molar-refractivity contribution is 7.80. The summed E-state index contributed by atoms with van der Waals surface area (Å²) in [6.45, 7) is 1.67. The predicted molar refractivity (Wildman–Crippen MR) is 70.9 cm³/mol. The molecular formula is C11H12F3N3O2S. The number of anilines is 1. The molecule has 1 aromatic carbocycles. The predicted octanol–water partition coefficient (Wildman–Crippen LogP) is 2.31. The Kier molecular flexibility index (Phi) is 5.56. The molecule has 0 aliphatic rings. The molecular weight excluding hydrogens is 295 g/mol. The van der Waals surface area contributed by atoms with Gasteiger partial charge in [0.15, 0.2) is 5.11 Å². The Morgan fingerprint density at radius 2 is 1.85 bits per heavy atom. The Hall–Kier alpha value is -2.03. The van der Waals surface area contributed by atoms with E-state index in [-0.39, 0.29) is 16.8 Å². The molecule has 3 N–H and O–H groups in total. The summed E-state index contributed by atoms with van der Waals surface area (Å²) >= 11 is 4.87. The van der Waals surface area contributed by atoms with E-state index in [1.54, 1.807) is 6.92 Å². The molecule has 0 fully saturated rings. The minimum absolute atomic E-state index is 0.108. The largest absolute Gasteiger partial charge is 0.573 e. The average molecular weight is 307 g/mol. The lowest BCUT2D eigenvalue weighted by Gasteiger charge is -2.12. The van der Waals surface area contributed by atoms with Gasteiger partial charge in [0.05, 0.1) is 0 Å². The Morgan fingerprint density at radius 3 is 2.35 bits per heavy atom. The maximum absolute atomic E-state index is 12.0. The van der Waals surface area contributed by atoms with Crippen molar-refractivity contribution in [2.75, 3.05) is 5.32 Å². The number of rotatable bonds is 3. The van der Waals surface area contributed by atoms with Gasteiger partial charge < -0.3 is 10.1 Å². The van der Waals surface area contributed by atoms with E-state index in [0.29, 0.717) is 12.1 Å². The number of carbonyl (C=O) groups excluding carboxylic acids is 1. The molecule has 0 heterocycles. The molecule has 5 nitrogen and oxygen atoms in total. The topological polar surface area (TPSA) is 62.4 Å². The minimum atomic E-state index is -4.73. The Bertz CT molecular complexity index is 477. The van der Waals surface area contributed by atoms with Crippen molar-refractivity contribution >= 4 is 28.9 Å². The Labute approximate surface area is 118 Å². The lowest BCUT2D eigenvalue weighted by molar-refractivity contribution is -0.274. The maximum atomic E-state index is 12.0. The average Bonchev–Trinajstić information content (AvgIpc) is 2.36. The summed E-state index contributed by atoms with van der Waals surface area (Å²) in [4.78, 5) is 11.0. The maximum Gasteiger partial charge on any atom is 0.573 e. The van der Waals surface area contributed by atoms with Gasteiger partial charge in [0, 0.05) is 12.1 Å². The van der Waals surface area contributed by atoms with E-state index in [9.17, 15) is 18.0 Å². The van der Waals surface area contributed by atoms with Crippen LogP contribution in [0, 0.1) is 0 Å². The van der Waals surface area contributed by atoms with E-state index < -0.39 is 6.36 Å². The van der Waals surface area contributed by atoms with Gasteiger partial charge in [-0.3, -0.25) is 15.6 Å². The molecule has 0 bridgehead atoms. The second-order valence-corrected chi connectivity index (χ2v) is 3.96. The fourth-order valence-electron chi connectivity index (χ4n) is 1.12. The third kappa shape index (κ3) is 6.23. The SMILES string of the molecule is CCC(=O)NNC(=S)Nc1ccc(OC(F)(F)F)cc1. The van der Waals surface area contributed by atoms with Crippen molar-refractivity contribution in [2.24, 2.45) is 0 Å². The first-order chi connectivity index (χ1) is 9.30. The number of halogens is 3. The standard InChI is InChI=1S/C11H12F3N3O2S/c1-2-9(18)16-17-10(20)15-7-3-5-8(6-4-7)19-11(12,13)14/h3-6H,2H2,1H3,(H,16,18)(H2,15,17,20). The molecule has 20 heavy (non-hydrogen) atoms. The van der Waals surface area contributed by atoms with Crippen LogP contribution in [0.2, 0.25) is 0 Å². The summed E-state index contributed by atoms with van der Waals surface area (Å²) < 4.78 is 39.6. The molecule has 0 aromatic heterocycles. The van der Waals surface area contributed by atoms with Gasteiger partial charge in [-0.1, -0.05) is 6.92 Å². The van der Waals surface area contributed by atoms with Crippen molar-refractivity contribution in [1.82, 2.24) is 10.9 Å². The minimum Gasteiger partial charge on any atom is -0.406 e. The van der Waals surface area contributed by atoms with Crippen molar-refractivity contribution in [3.63, 3.8) is 0 Å². The summed E-state index contributed by atoms with van der Waals surface area (Å²) in [5.41, 5.74) is 5.22. The smallest absolute Gasteiger partial charge is 0.406 e. The zero-order valence-electron chi connectivity index (χ0n) is 10.4. The van der Waals surface area contributed by atoms with Crippen LogP contribution >= 0.6 is 12.2 Å². The highest BCUT2D eigenvalue weighted by Gasteiger charge is 2.30. The monoisotopic (exact) mass is 307 g/mol. The zero-order chi connectivity index (χ0) is 15.2. The van der Waals surface area contributed by atoms with Crippen LogP contribution in [0.5, 0.6) is 5.75 Å². The Morgan fingerprint density at radius 1 is 1.25 bits per heavy atom. The van der Waals surface area contributed by atoms with Gasteiger partial charge in [-0.25, -0.2) is 0 Å². The number of benzene rings is 1. The lowest BCUT2D eigenvalue weighted by Crippen LogP contribution is -2.43. The van der Waals surface area contributed by atoms with Crippen molar-refractivity contribution < 1.29 is 22.7 Å². The summed E-state index contributed by atoms with van der Waals surface area (Å²) in [6, 6.07) is 5.00. The summed E-state index contributed by atoms with van der Waals surface area (Å²) in [7, 11) is 0. The molecule has 1 aromatic rings. The van der Waals surface area contributed by atoms with E-state index in [0.717, 1.165) is 12.1 Å². The highest BCUT2D eigenvalue weighted by Crippen LogP contribution is 2.23. The Balaban J connectivity index is 2.49. The summed E-state index contributed by atoms with van der Waals surface area (Å²) in [5.74, 6) is -0.579. The summed E-state index contributed by atoms with van der Waals surface area (Å²) in [5, 5.41) is 2.79. The van der Waals surface area contributed by atoms with Crippen molar-refractivity contribution in [2.45, 2.75) is 19.7 Å². The molecule has 1 amide bonds. The van der Waals surface area contributed by atoms with Crippen molar-refractivity contribution in [3.8, 4) is 5.75 Å². The van der Waals surface area contributed by atoms with Crippen molar-refractivity contribution in [3.05, 3.63) is 24.3 Å². The fourth-order valence-corrected chi connectivity index (χ4v) is 1.29. The van der Waals surface area contributed by atoms with Gasteiger partial charge in [0.25, 0.3) is 0 Å². The molecule has 0 saturated heterocycles. The molecule has 9 heteroatoms. The first kappa shape index (κ1) is 16.0. The second-order valence-electron chi connectivity index (χ2n) is 3.55. The van der Waals surface area contributed by atoms with Crippen LogP contribution in [0.3, 0.4) is 0 Å². The van der Waals surface area contributed by atoms with Crippen molar-refractivity contribution in [1.29, 1.82) is 0 Å². The van der Waals surface area contributed by atoms with Gasteiger partial charge >= 0.3 is 6.36 Å². The molecule has 0 atom stereocenters. The lowest BCUT2D eigenvalue weighted by atomic mass is 10.3. The number of amides is 1. The molecule has 0 unspecified atom stereocenters. The van der Waals surface area contributed by atoms with Crippen LogP contribution < -0.4 is 20.9 Å². The van der Waals surface area contributed by atoms with Crippen LogP contribution in [-0.2, 0) is 4.79 Å². The van der Waals surface area contributed by atoms with Gasteiger partial charge in [-0.05, 0) is 36.5 Å². The third-order valence-electron chi connectivity index (χ3n) is 1.98. The number of carbonyl (C=O) groups is 1. The molecule has 110 valence electrons. The van der Waals surface area contributed by atoms with Gasteiger partial charge in [0.1, 0.15) is 5.75 Å². The number of hydrazine groups is 1. The quantitative estimate of drug-likeness (QED) is 0.591. The van der Waals surface area contributed by atoms with Crippen LogP contribution in [-0.4, -0.2) is 17.4 Å². The van der Waals surface area contributed by atoms with E-state index in [4.69, 9.17) is 12.2 Å². The molecule has 0 saturated carbocycles. The fraction of sp³-hybridized carbons (Fsp3) is 0.273. The zero-order valence-corrected chi connectivity index (χ0v) is 11.2. The number of hydrogen-bond acceptors (Lipinski definition) is 3. The number of ether oxygens (including phenoxy) is 1. The number of nitrogens with one attached hydrogen (secondary N) is 3. The number of alkyl halides is 3. The molecule has 0 radical (unpaired) electrons. The van der Waals surface area contributed by atoms with Crippen LogP contribution in [0.4, 0.5) is 18.9 Å². The van der Waals surface area contributed by atoms with Gasteiger partial charge in [-0.15, -0.1) is 13.2 Å². The molecule has 0 spiro atoms. The van der Waals surface area contributed by atoms with E-state index in [1.165, 1.54) is 12.1 Å². The van der Waals surface area contributed by atoms with Gasteiger partial charge in [0.2, 0.25) is 5.91 Å². The third-order valence-corrected chi connectivity index (χ3v) is 2.19. The van der Waals surface area contributed by atoms with E-state index in [2.05, 4.69) is 20.9 Å². The van der Waals surface area contributed by atoms with Gasteiger partial charge in [-0.2, -0.15) is 0 Å². The van der Waals surface area contributed by atoms with Crippen LogP contribution in [0.1, 0.15) is 13.3 Å². The summed E-state index contributed by atoms with van der Waals surface area (Å²) in [6.07, 6.45) is -4.44. The van der Waals surface area contributed by atoms with E-state index >= 15 is 0 Å². The first-order valence-electron chi connectivity index (χ1n) is 5.52. The molecule has 0 aliphatic heterocycles. The second kappa shape index (κ2) is 6.94.